The monoisotopic (exact) mass is 344 g/mol. The molecule has 0 unspecified atom stereocenters. The lowest BCUT2D eigenvalue weighted by Gasteiger charge is -2.27. The quantitative estimate of drug-likeness (QED) is 0.433. The number of ether oxygens (including phenoxy) is 2. The van der Waals surface area contributed by atoms with E-state index in [4.69, 9.17) is 9.47 Å². The number of benzene rings is 1. The Bertz CT molecular complexity index is 468. The van der Waals surface area contributed by atoms with Crippen LogP contribution in [0.4, 0.5) is 14.5 Å². The van der Waals surface area contributed by atoms with Crippen LogP contribution in [0.1, 0.15) is 40.5 Å². The van der Waals surface area contributed by atoms with Gasteiger partial charge in [0.1, 0.15) is 12.4 Å². The van der Waals surface area contributed by atoms with Crippen LogP contribution >= 0.6 is 0 Å². The van der Waals surface area contributed by atoms with Crippen LogP contribution in [0.25, 0.3) is 0 Å². The molecule has 24 heavy (non-hydrogen) atoms. The van der Waals surface area contributed by atoms with Crippen LogP contribution in [0.3, 0.4) is 0 Å². The number of rotatable bonds is 12. The number of hydrogen-bond donors (Lipinski definition) is 2. The number of hydrogen-bond acceptors (Lipinski definition) is 4. The third kappa shape index (κ3) is 9.67. The summed E-state index contributed by atoms with van der Waals surface area (Å²) in [6.45, 7) is 9.40. The molecule has 0 fully saturated rings. The maximum absolute atomic E-state index is 12.2. The van der Waals surface area contributed by atoms with Crippen molar-refractivity contribution in [3.63, 3.8) is 0 Å². The van der Waals surface area contributed by atoms with Crippen LogP contribution in [-0.2, 0) is 4.74 Å². The molecule has 6 heteroatoms. The Hall–Kier alpha value is -1.40. The molecule has 0 aliphatic rings. The van der Waals surface area contributed by atoms with Gasteiger partial charge in [-0.1, -0.05) is 19.9 Å². The molecule has 0 aromatic heterocycles. The van der Waals surface area contributed by atoms with Gasteiger partial charge in [-0.05, 0) is 44.7 Å². The molecule has 0 radical (unpaired) electrons. The van der Waals surface area contributed by atoms with Crippen molar-refractivity contribution in [2.45, 2.75) is 52.5 Å². The molecule has 0 atom stereocenters. The van der Waals surface area contributed by atoms with Crippen LogP contribution in [0.5, 0.6) is 5.75 Å². The van der Waals surface area contributed by atoms with Gasteiger partial charge in [0.05, 0.1) is 5.69 Å². The second-order valence-electron chi connectivity index (χ2n) is 6.94. The van der Waals surface area contributed by atoms with Gasteiger partial charge in [-0.25, -0.2) is 14.2 Å². The zero-order valence-electron chi connectivity index (χ0n) is 15.1. The SMILES string of the molecule is CC(C)COCCCC(C)(C)NNc1cccc(OCC(F)F)c1. The molecular formula is C18H30F2N2O2. The molecule has 0 heterocycles. The standard InChI is InChI=1S/C18H30F2N2O2/c1-14(2)12-23-10-6-9-18(3,4)22-21-15-7-5-8-16(11-15)24-13-17(19)20/h5,7-8,11,14,17,21-22H,6,9-10,12-13H2,1-4H3. The summed E-state index contributed by atoms with van der Waals surface area (Å²) in [7, 11) is 0. The lowest BCUT2D eigenvalue weighted by molar-refractivity contribution is 0.0819. The first-order valence-corrected chi connectivity index (χ1v) is 8.40. The largest absolute Gasteiger partial charge is 0.488 e. The molecule has 0 bridgehead atoms. The van der Waals surface area contributed by atoms with Crippen molar-refractivity contribution in [2.75, 3.05) is 25.2 Å². The number of anilines is 1. The summed E-state index contributed by atoms with van der Waals surface area (Å²) >= 11 is 0. The first kappa shape index (κ1) is 20.6. The van der Waals surface area contributed by atoms with Gasteiger partial charge in [0.15, 0.2) is 0 Å². The highest BCUT2D eigenvalue weighted by atomic mass is 19.3. The molecule has 0 saturated heterocycles. The van der Waals surface area contributed by atoms with Gasteiger partial charge in [0, 0.05) is 24.8 Å². The lowest BCUT2D eigenvalue weighted by Crippen LogP contribution is -2.43. The van der Waals surface area contributed by atoms with Crippen molar-refractivity contribution in [3.05, 3.63) is 24.3 Å². The zero-order valence-corrected chi connectivity index (χ0v) is 15.1. The third-order valence-corrected chi connectivity index (χ3v) is 3.30. The van der Waals surface area contributed by atoms with E-state index in [9.17, 15) is 8.78 Å². The molecule has 1 rings (SSSR count). The van der Waals surface area contributed by atoms with E-state index in [1.165, 1.54) is 0 Å². The average molecular weight is 344 g/mol. The fraction of sp³-hybridized carbons (Fsp3) is 0.667. The average Bonchev–Trinajstić information content (AvgIpc) is 2.51. The maximum atomic E-state index is 12.2. The van der Waals surface area contributed by atoms with E-state index in [1.807, 2.05) is 6.07 Å². The maximum Gasteiger partial charge on any atom is 0.272 e. The molecule has 0 aliphatic carbocycles. The molecular weight excluding hydrogens is 314 g/mol. The normalized spacial score (nSPS) is 12.0. The summed E-state index contributed by atoms with van der Waals surface area (Å²) in [5.74, 6) is 0.972. The molecule has 0 spiro atoms. The molecule has 0 aliphatic heterocycles. The van der Waals surface area contributed by atoms with E-state index >= 15 is 0 Å². The first-order chi connectivity index (χ1) is 11.3. The van der Waals surface area contributed by atoms with Crippen LogP contribution in [-0.4, -0.2) is 31.8 Å². The van der Waals surface area contributed by atoms with E-state index in [2.05, 4.69) is 38.5 Å². The van der Waals surface area contributed by atoms with E-state index in [0.717, 1.165) is 31.7 Å². The molecule has 0 saturated carbocycles. The van der Waals surface area contributed by atoms with Crippen molar-refractivity contribution in [3.8, 4) is 5.75 Å². The smallest absolute Gasteiger partial charge is 0.272 e. The lowest BCUT2D eigenvalue weighted by atomic mass is 10.00. The predicted octanol–water partition coefficient (Wildman–Crippen LogP) is 4.48. The summed E-state index contributed by atoms with van der Waals surface area (Å²) in [5.41, 5.74) is 7.02. The highest BCUT2D eigenvalue weighted by Gasteiger charge is 2.16. The van der Waals surface area contributed by atoms with E-state index in [1.54, 1.807) is 18.2 Å². The van der Waals surface area contributed by atoms with Crippen molar-refractivity contribution < 1.29 is 18.3 Å². The molecule has 2 N–H and O–H groups in total. The topological polar surface area (TPSA) is 42.5 Å². The summed E-state index contributed by atoms with van der Waals surface area (Å²) in [6, 6.07) is 6.96. The van der Waals surface area contributed by atoms with Gasteiger partial charge in [-0.15, -0.1) is 0 Å². The van der Waals surface area contributed by atoms with Crippen LogP contribution in [0.15, 0.2) is 24.3 Å². The van der Waals surface area contributed by atoms with Crippen molar-refractivity contribution >= 4 is 5.69 Å². The van der Waals surface area contributed by atoms with Crippen molar-refractivity contribution in [1.29, 1.82) is 0 Å². The summed E-state index contributed by atoms with van der Waals surface area (Å²) in [6.07, 6.45) is -0.567. The van der Waals surface area contributed by atoms with E-state index < -0.39 is 13.0 Å². The summed E-state index contributed by atoms with van der Waals surface area (Å²) in [4.78, 5) is 0. The third-order valence-electron chi connectivity index (χ3n) is 3.30. The number of hydrazine groups is 1. The van der Waals surface area contributed by atoms with E-state index in [-0.39, 0.29) is 5.54 Å². The highest BCUT2D eigenvalue weighted by molar-refractivity contribution is 5.47. The molecule has 138 valence electrons. The first-order valence-electron chi connectivity index (χ1n) is 8.40. The Kier molecular flexibility index (Phi) is 9.00. The van der Waals surface area contributed by atoms with E-state index in [0.29, 0.717) is 11.7 Å². The summed E-state index contributed by atoms with van der Waals surface area (Å²) in [5, 5.41) is 0. The minimum absolute atomic E-state index is 0.124. The van der Waals surface area contributed by atoms with Gasteiger partial charge in [0.25, 0.3) is 6.43 Å². The van der Waals surface area contributed by atoms with Gasteiger partial charge in [-0.2, -0.15) is 0 Å². The second kappa shape index (κ2) is 10.5. The Labute approximate surface area is 143 Å². The van der Waals surface area contributed by atoms with Crippen LogP contribution in [0, 0.1) is 5.92 Å². The van der Waals surface area contributed by atoms with Crippen LogP contribution in [0.2, 0.25) is 0 Å². The Morgan fingerprint density at radius 1 is 1.17 bits per heavy atom. The fourth-order valence-electron chi connectivity index (χ4n) is 2.06. The van der Waals surface area contributed by atoms with Crippen LogP contribution < -0.4 is 15.6 Å². The predicted molar refractivity (Wildman–Crippen MR) is 93.7 cm³/mol. The molecule has 0 amide bonds. The minimum atomic E-state index is -2.48. The fourth-order valence-corrected chi connectivity index (χ4v) is 2.06. The van der Waals surface area contributed by atoms with Gasteiger partial charge >= 0.3 is 0 Å². The van der Waals surface area contributed by atoms with Gasteiger partial charge in [-0.3, -0.25) is 0 Å². The molecule has 1 aromatic carbocycles. The Balaban J connectivity index is 2.34. The summed E-state index contributed by atoms with van der Waals surface area (Å²) < 4.78 is 35.0. The number of nitrogens with one attached hydrogen (secondary N) is 2. The molecule has 4 nitrogen and oxygen atoms in total. The Morgan fingerprint density at radius 2 is 1.92 bits per heavy atom. The molecule has 1 aromatic rings. The van der Waals surface area contributed by atoms with Gasteiger partial charge in [0.2, 0.25) is 0 Å². The minimum Gasteiger partial charge on any atom is -0.488 e. The van der Waals surface area contributed by atoms with Crippen molar-refractivity contribution in [1.82, 2.24) is 5.43 Å². The number of halogens is 2. The van der Waals surface area contributed by atoms with Gasteiger partial charge < -0.3 is 14.9 Å². The highest BCUT2D eigenvalue weighted by Crippen LogP contribution is 2.19. The number of alkyl halides is 2. The Morgan fingerprint density at radius 3 is 2.58 bits per heavy atom. The van der Waals surface area contributed by atoms with Crippen molar-refractivity contribution in [2.24, 2.45) is 5.92 Å². The zero-order chi connectivity index (χ0) is 18.0. The second-order valence-corrected chi connectivity index (χ2v) is 6.94.